The first kappa shape index (κ1) is 12.9. The van der Waals surface area contributed by atoms with Crippen molar-refractivity contribution in [3.63, 3.8) is 0 Å². The number of benzene rings is 1. The van der Waals surface area contributed by atoms with Crippen molar-refractivity contribution in [1.82, 2.24) is 4.98 Å². The van der Waals surface area contributed by atoms with E-state index in [4.69, 9.17) is 0 Å². The van der Waals surface area contributed by atoms with Gasteiger partial charge in [0.05, 0.1) is 10.7 Å². The van der Waals surface area contributed by atoms with Gasteiger partial charge in [-0.1, -0.05) is 52.0 Å². The van der Waals surface area contributed by atoms with Gasteiger partial charge >= 0.3 is 0 Å². The summed E-state index contributed by atoms with van der Waals surface area (Å²) in [5.41, 5.74) is 4.31. The van der Waals surface area contributed by atoms with Crippen LogP contribution in [0.3, 0.4) is 0 Å². The van der Waals surface area contributed by atoms with Gasteiger partial charge in [0.2, 0.25) is 0 Å². The standard InChI is InChI=1S/C17H21NS/c1-5-15-18-14(10-19-15)12-6-8-13(9-7-12)16-11(2)17(16,3)4/h6-11,16H,5H2,1-4H3. The van der Waals surface area contributed by atoms with Gasteiger partial charge in [-0.25, -0.2) is 4.98 Å². The Kier molecular flexibility index (Phi) is 3.01. The third kappa shape index (κ3) is 2.12. The van der Waals surface area contributed by atoms with Crippen LogP contribution < -0.4 is 0 Å². The maximum atomic E-state index is 4.65. The van der Waals surface area contributed by atoms with Gasteiger partial charge in [0, 0.05) is 10.9 Å². The van der Waals surface area contributed by atoms with Crippen molar-refractivity contribution in [2.24, 2.45) is 11.3 Å². The summed E-state index contributed by atoms with van der Waals surface area (Å²) >= 11 is 1.76. The third-order valence-electron chi connectivity index (χ3n) is 4.79. The molecular formula is C17H21NS. The Morgan fingerprint density at radius 2 is 1.84 bits per heavy atom. The van der Waals surface area contributed by atoms with E-state index in [2.05, 4.69) is 62.3 Å². The molecule has 1 heterocycles. The summed E-state index contributed by atoms with van der Waals surface area (Å²) in [5, 5.41) is 3.38. The molecule has 2 aromatic rings. The molecule has 1 nitrogen and oxygen atoms in total. The Hall–Kier alpha value is -1.15. The first-order valence-electron chi connectivity index (χ1n) is 7.08. The molecule has 1 fully saturated rings. The lowest BCUT2D eigenvalue weighted by Crippen LogP contribution is -1.90. The van der Waals surface area contributed by atoms with E-state index in [-0.39, 0.29) is 0 Å². The summed E-state index contributed by atoms with van der Waals surface area (Å²) in [6.07, 6.45) is 1.02. The Balaban J connectivity index is 1.83. The minimum Gasteiger partial charge on any atom is -0.241 e. The molecule has 1 aromatic heterocycles. The SMILES string of the molecule is CCc1nc(-c2ccc(C3C(C)C3(C)C)cc2)cs1. The number of aryl methyl sites for hydroxylation is 1. The van der Waals surface area contributed by atoms with E-state index >= 15 is 0 Å². The normalized spacial score (nSPS) is 24.4. The fourth-order valence-electron chi connectivity index (χ4n) is 3.08. The lowest BCUT2D eigenvalue weighted by Gasteiger charge is -2.04. The van der Waals surface area contributed by atoms with E-state index in [1.165, 1.54) is 16.1 Å². The second-order valence-corrected chi connectivity index (χ2v) is 7.13. The van der Waals surface area contributed by atoms with Crippen LogP contribution in [-0.4, -0.2) is 4.98 Å². The zero-order valence-corrected chi connectivity index (χ0v) is 12.9. The first-order chi connectivity index (χ1) is 9.04. The van der Waals surface area contributed by atoms with Crippen LogP contribution in [0, 0.1) is 11.3 Å². The minimum absolute atomic E-state index is 0.470. The molecule has 1 aliphatic carbocycles. The molecule has 0 spiro atoms. The highest BCUT2D eigenvalue weighted by Gasteiger charge is 2.54. The van der Waals surface area contributed by atoms with Crippen molar-refractivity contribution in [2.45, 2.75) is 40.0 Å². The van der Waals surface area contributed by atoms with Gasteiger partial charge in [0.1, 0.15) is 0 Å². The molecule has 0 N–H and O–H groups in total. The van der Waals surface area contributed by atoms with Crippen LogP contribution in [0.25, 0.3) is 11.3 Å². The zero-order valence-electron chi connectivity index (χ0n) is 12.1. The number of thiazole rings is 1. The Bertz CT molecular complexity index is 580. The van der Waals surface area contributed by atoms with Crippen molar-refractivity contribution >= 4 is 11.3 Å². The fourth-order valence-corrected chi connectivity index (χ4v) is 3.83. The molecule has 0 radical (unpaired) electrons. The molecule has 2 heteroatoms. The summed E-state index contributed by atoms with van der Waals surface area (Å²) in [7, 11) is 0. The number of nitrogens with zero attached hydrogens (tertiary/aromatic N) is 1. The van der Waals surface area contributed by atoms with E-state index in [9.17, 15) is 0 Å². The van der Waals surface area contributed by atoms with Gasteiger partial charge in [0.25, 0.3) is 0 Å². The zero-order chi connectivity index (χ0) is 13.6. The molecule has 0 saturated heterocycles. The highest BCUT2D eigenvalue weighted by Crippen LogP contribution is 2.64. The summed E-state index contributed by atoms with van der Waals surface area (Å²) in [5.74, 6) is 1.52. The number of aromatic nitrogens is 1. The van der Waals surface area contributed by atoms with Gasteiger partial charge in [-0.15, -0.1) is 11.3 Å². The number of hydrogen-bond acceptors (Lipinski definition) is 2. The van der Waals surface area contributed by atoms with Crippen LogP contribution in [0.5, 0.6) is 0 Å². The molecular weight excluding hydrogens is 250 g/mol. The van der Waals surface area contributed by atoms with Crippen LogP contribution in [-0.2, 0) is 6.42 Å². The third-order valence-corrected chi connectivity index (χ3v) is 5.78. The maximum Gasteiger partial charge on any atom is 0.0929 e. The van der Waals surface area contributed by atoms with Crippen molar-refractivity contribution < 1.29 is 0 Å². The Labute approximate surface area is 119 Å². The van der Waals surface area contributed by atoms with Crippen LogP contribution >= 0.6 is 11.3 Å². The molecule has 0 amide bonds. The molecule has 2 unspecified atom stereocenters. The van der Waals surface area contributed by atoms with Gasteiger partial charge in [-0.2, -0.15) is 0 Å². The molecule has 2 atom stereocenters. The van der Waals surface area contributed by atoms with E-state index in [1.807, 2.05) is 0 Å². The lowest BCUT2D eigenvalue weighted by molar-refractivity contribution is 0.575. The Morgan fingerprint density at radius 3 is 2.32 bits per heavy atom. The summed E-state index contributed by atoms with van der Waals surface area (Å²) in [6, 6.07) is 9.03. The summed E-state index contributed by atoms with van der Waals surface area (Å²) in [4.78, 5) is 4.65. The molecule has 100 valence electrons. The highest BCUT2D eigenvalue weighted by molar-refractivity contribution is 7.09. The van der Waals surface area contributed by atoms with E-state index in [0.29, 0.717) is 5.41 Å². The first-order valence-corrected chi connectivity index (χ1v) is 7.96. The number of rotatable bonds is 3. The second kappa shape index (κ2) is 4.45. The molecule has 3 rings (SSSR count). The average Bonchev–Trinajstić information content (AvgIpc) is 2.81. The smallest absolute Gasteiger partial charge is 0.0929 e. The molecule has 0 aliphatic heterocycles. The Morgan fingerprint density at radius 1 is 1.21 bits per heavy atom. The molecule has 0 bridgehead atoms. The minimum atomic E-state index is 0.470. The van der Waals surface area contributed by atoms with Crippen LogP contribution in [0.2, 0.25) is 0 Å². The quantitative estimate of drug-likeness (QED) is 0.754. The van der Waals surface area contributed by atoms with Gasteiger partial charge < -0.3 is 0 Å². The molecule has 19 heavy (non-hydrogen) atoms. The van der Waals surface area contributed by atoms with Crippen molar-refractivity contribution in [1.29, 1.82) is 0 Å². The van der Waals surface area contributed by atoms with Crippen LogP contribution in [0.1, 0.15) is 44.2 Å². The van der Waals surface area contributed by atoms with Crippen molar-refractivity contribution in [3.8, 4) is 11.3 Å². The van der Waals surface area contributed by atoms with Gasteiger partial charge in [0.15, 0.2) is 0 Å². The molecule has 1 aromatic carbocycles. The van der Waals surface area contributed by atoms with E-state index < -0.39 is 0 Å². The fraction of sp³-hybridized carbons (Fsp3) is 0.471. The monoisotopic (exact) mass is 271 g/mol. The summed E-state index contributed by atoms with van der Waals surface area (Å²) in [6.45, 7) is 9.24. The second-order valence-electron chi connectivity index (χ2n) is 6.19. The van der Waals surface area contributed by atoms with Gasteiger partial charge in [-0.05, 0) is 29.2 Å². The van der Waals surface area contributed by atoms with Gasteiger partial charge in [-0.3, -0.25) is 0 Å². The van der Waals surface area contributed by atoms with E-state index in [1.54, 1.807) is 11.3 Å². The number of hydrogen-bond donors (Lipinski definition) is 0. The molecule has 1 aliphatic rings. The molecule has 1 saturated carbocycles. The average molecular weight is 271 g/mol. The predicted octanol–water partition coefficient (Wildman–Crippen LogP) is 5.13. The maximum absolute atomic E-state index is 4.65. The van der Waals surface area contributed by atoms with Crippen LogP contribution in [0.4, 0.5) is 0 Å². The largest absolute Gasteiger partial charge is 0.241 e. The topological polar surface area (TPSA) is 12.9 Å². The highest BCUT2D eigenvalue weighted by atomic mass is 32.1. The van der Waals surface area contributed by atoms with E-state index in [0.717, 1.165) is 24.0 Å². The predicted molar refractivity (Wildman–Crippen MR) is 82.6 cm³/mol. The summed E-state index contributed by atoms with van der Waals surface area (Å²) < 4.78 is 0. The van der Waals surface area contributed by atoms with Crippen molar-refractivity contribution in [3.05, 3.63) is 40.2 Å². The van der Waals surface area contributed by atoms with Crippen LogP contribution in [0.15, 0.2) is 29.6 Å². The van der Waals surface area contributed by atoms with Crippen molar-refractivity contribution in [2.75, 3.05) is 0 Å². The lowest BCUT2D eigenvalue weighted by atomic mass is 10.0.